The van der Waals surface area contributed by atoms with Crippen LogP contribution < -0.4 is 10.1 Å². The fraction of sp³-hybridized carbons (Fsp3) is 0.684. The van der Waals surface area contributed by atoms with Crippen LogP contribution in [0.2, 0.25) is 6.04 Å². The van der Waals surface area contributed by atoms with Crippen molar-refractivity contribution >= 4 is 8.80 Å². The summed E-state index contributed by atoms with van der Waals surface area (Å²) in [6.45, 7) is 3.73. The van der Waals surface area contributed by atoms with Crippen molar-refractivity contribution in [3.63, 3.8) is 0 Å². The third kappa shape index (κ3) is 8.61. The molecule has 0 heterocycles. The molecule has 0 spiro atoms. The second-order valence-electron chi connectivity index (χ2n) is 6.39. The van der Waals surface area contributed by atoms with Crippen LogP contribution in [0.4, 0.5) is 0 Å². The minimum Gasteiger partial charge on any atom is -0.491 e. The van der Waals surface area contributed by atoms with E-state index in [1.807, 2.05) is 31.2 Å². The molecule has 0 bridgehead atoms. The van der Waals surface area contributed by atoms with E-state index >= 15 is 0 Å². The van der Waals surface area contributed by atoms with E-state index < -0.39 is 14.9 Å². The van der Waals surface area contributed by atoms with Gasteiger partial charge in [-0.25, -0.2) is 0 Å². The minimum absolute atomic E-state index is 0.301. The molecule has 1 unspecified atom stereocenters. The van der Waals surface area contributed by atoms with Gasteiger partial charge in [-0.15, -0.1) is 0 Å². The van der Waals surface area contributed by atoms with Crippen LogP contribution >= 0.6 is 0 Å². The van der Waals surface area contributed by atoms with E-state index in [1.165, 1.54) is 0 Å². The summed E-state index contributed by atoms with van der Waals surface area (Å²) >= 11 is 0. The van der Waals surface area contributed by atoms with E-state index in [2.05, 4.69) is 5.32 Å². The Morgan fingerprint density at radius 1 is 1.00 bits per heavy atom. The first-order valence-electron chi connectivity index (χ1n) is 9.29. The molecule has 0 radical (unpaired) electrons. The molecule has 2 N–H and O–H groups in total. The van der Waals surface area contributed by atoms with Crippen LogP contribution in [0.3, 0.4) is 0 Å². The number of para-hydroxylation sites is 1. The molecule has 0 saturated heterocycles. The predicted octanol–water partition coefficient (Wildman–Crippen LogP) is 2.76. The normalized spacial score (nSPS) is 13.0. The van der Waals surface area contributed by atoms with Crippen LogP contribution in [-0.2, 0) is 13.3 Å². The van der Waals surface area contributed by atoms with Crippen LogP contribution in [0.25, 0.3) is 0 Å². The highest BCUT2D eigenvalue weighted by molar-refractivity contribution is 6.60. The number of hydrogen-bond donors (Lipinski definition) is 2. The first kappa shape index (κ1) is 23.1. The third-order valence-corrected chi connectivity index (χ3v) is 7.26. The molecule has 1 aromatic rings. The Kier molecular flexibility index (Phi) is 11.8. The molecule has 150 valence electrons. The summed E-state index contributed by atoms with van der Waals surface area (Å²) in [4.78, 5) is 0. The number of unbranched alkanes of at least 4 members (excludes halogenated alkanes) is 3. The number of nitrogens with one attached hydrogen (secondary N) is 1. The number of aryl methyl sites for hydroxylation is 1. The van der Waals surface area contributed by atoms with E-state index in [-0.39, 0.29) is 0 Å². The van der Waals surface area contributed by atoms with Crippen LogP contribution in [0.1, 0.15) is 31.2 Å². The fourth-order valence-corrected chi connectivity index (χ4v) is 4.53. The summed E-state index contributed by atoms with van der Waals surface area (Å²) in [6, 6.07) is 8.68. The summed E-state index contributed by atoms with van der Waals surface area (Å²) in [5.74, 6) is 0.828. The molecule has 0 saturated carbocycles. The summed E-state index contributed by atoms with van der Waals surface area (Å²) in [7, 11) is 2.54. The topological polar surface area (TPSA) is 69.2 Å². The van der Waals surface area contributed by atoms with Gasteiger partial charge in [0.25, 0.3) is 0 Å². The first-order chi connectivity index (χ1) is 12.6. The zero-order chi connectivity index (χ0) is 19.3. The van der Waals surface area contributed by atoms with Gasteiger partial charge < -0.3 is 28.4 Å². The van der Waals surface area contributed by atoms with Gasteiger partial charge in [0.05, 0.1) is 0 Å². The number of aliphatic hydroxyl groups is 1. The molecule has 1 atom stereocenters. The Morgan fingerprint density at radius 2 is 1.65 bits per heavy atom. The monoisotopic (exact) mass is 385 g/mol. The SMILES string of the molecule is CO[Si](CCCCCCNCC(O)COc1ccccc1C)(OC)OC. The van der Waals surface area contributed by atoms with Crippen molar-refractivity contribution in [2.75, 3.05) is 41.0 Å². The number of aliphatic hydroxyl groups excluding tert-OH is 1. The fourth-order valence-electron chi connectivity index (χ4n) is 2.73. The third-order valence-electron chi connectivity index (χ3n) is 4.42. The molecule has 0 aliphatic rings. The average molecular weight is 386 g/mol. The van der Waals surface area contributed by atoms with Crippen molar-refractivity contribution in [2.24, 2.45) is 0 Å². The van der Waals surface area contributed by atoms with Gasteiger partial charge in [0.15, 0.2) is 0 Å². The number of hydrogen-bond acceptors (Lipinski definition) is 6. The number of ether oxygens (including phenoxy) is 1. The highest BCUT2D eigenvalue weighted by Crippen LogP contribution is 2.18. The maximum absolute atomic E-state index is 9.99. The quantitative estimate of drug-likeness (QED) is 0.357. The summed E-state index contributed by atoms with van der Waals surface area (Å²) in [5, 5.41) is 13.3. The highest BCUT2D eigenvalue weighted by atomic mass is 28.4. The zero-order valence-corrected chi connectivity index (χ0v) is 17.6. The van der Waals surface area contributed by atoms with E-state index in [0.29, 0.717) is 13.2 Å². The van der Waals surface area contributed by atoms with Gasteiger partial charge in [0.2, 0.25) is 0 Å². The van der Waals surface area contributed by atoms with Crippen LogP contribution in [0, 0.1) is 6.92 Å². The molecule has 0 fully saturated rings. The highest BCUT2D eigenvalue weighted by Gasteiger charge is 2.36. The van der Waals surface area contributed by atoms with E-state index in [4.69, 9.17) is 18.0 Å². The molecule has 6 nitrogen and oxygen atoms in total. The zero-order valence-electron chi connectivity index (χ0n) is 16.6. The second-order valence-corrected chi connectivity index (χ2v) is 9.48. The van der Waals surface area contributed by atoms with Gasteiger partial charge in [-0.05, 0) is 37.9 Å². The molecular weight excluding hydrogens is 350 g/mol. The lowest BCUT2D eigenvalue weighted by atomic mass is 10.2. The van der Waals surface area contributed by atoms with Crippen molar-refractivity contribution in [1.82, 2.24) is 5.32 Å². The maximum atomic E-state index is 9.99. The molecule has 7 heteroatoms. The van der Waals surface area contributed by atoms with Crippen LogP contribution in [0.15, 0.2) is 24.3 Å². The van der Waals surface area contributed by atoms with Gasteiger partial charge in [0.1, 0.15) is 18.5 Å². The van der Waals surface area contributed by atoms with Gasteiger partial charge in [-0.2, -0.15) is 0 Å². The summed E-state index contributed by atoms with van der Waals surface area (Å²) in [6.07, 6.45) is 3.85. The molecule has 1 aromatic carbocycles. The Bertz CT molecular complexity index is 476. The Hall–Kier alpha value is -0.963. The summed E-state index contributed by atoms with van der Waals surface area (Å²) in [5.41, 5.74) is 1.08. The Labute approximate surface area is 159 Å². The molecule has 0 aromatic heterocycles. The first-order valence-corrected chi connectivity index (χ1v) is 11.2. The predicted molar refractivity (Wildman–Crippen MR) is 106 cm³/mol. The van der Waals surface area contributed by atoms with E-state index in [0.717, 1.165) is 49.6 Å². The molecular formula is C19H35NO5Si. The van der Waals surface area contributed by atoms with E-state index in [1.54, 1.807) is 21.3 Å². The van der Waals surface area contributed by atoms with Gasteiger partial charge >= 0.3 is 8.80 Å². The van der Waals surface area contributed by atoms with Gasteiger partial charge in [0, 0.05) is 33.9 Å². The lowest BCUT2D eigenvalue weighted by Gasteiger charge is -2.24. The maximum Gasteiger partial charge on any atom is 0.500 e. The van der Waals surface area contributed by atoms with Gasteiger partial charge in [-0.1, -0.05) is 31.0 Å². The standard InChI is InChI=1S/C19H35NO5Si/c1-17-11-7-8-12-19(17)25-16-18(21)15-20-13-9-5-6-10-14-26(22-2,23-3)24-4/h7-8,11-12,18,20-21H,5-6,9-10,13-16H2,1-4H3. The largest absolute Gasteiger partial charge is 0.500 e. The molecule has 0 aliphatic carbocycles. The second kappa shape index (κ2) is 13.2. The smallest absolute Gasteiger partial charge is 0.491 e. The van der Waals surface area contributed by atoms with Crippen molar-refractivity contribution in [2.45, 2.75) is 44.8 Å². The van der Waals surface area contributed by atoms with E-state index in [9.17, 15) is 5.11 Å². The minimum atomic E-state index is -2.41. The lowest BCUT2D eigenvalue weighted by molar-refractivity contribution is 0.106. The van der Waals surface area contributed by atoms with Crippen molar-refractivity contribution < 1.29 is 23.1 Å². The van der Waals surface area contributed by atoms with Crippen LogP contribution in [-0.4, -0.2) is 61.0 Å². The summed E-state index contributed by atoms with van der Waals surface area (Å²) < 4.78 is 21.9. The van der Waals surface area contributed by atoms with Crippen molar-refractivity contribution in [1.29, 1.82) is 0 Å². The van der Waals surface area contributed by atoms with Crippen molar-refractivity contribution in [3.05, 3.63) is 29.8 Å². The molecule has 0 amide bonds. The van der Waals surface area contributed by atoms with Crippen LogP contribution in [0.5, 0.6) is 5.75 Å². The molecule has 26 heavy (non-hydrogen) atoms. The Balaban J connectivity index is 2.02. The molecule has 1 rings (SSSR count). The number of rotatable bonds is 15. The number of benzene rings is 1. The Morgan fingerprint density at radius 3 is 2.31 bits per heavy atom. The lowest BCUT2D eigenvalue weighted by Crippen LogP contribution is -2.42. The van der Waals surface area contributed by atoms with Crippen molar-refractivity contribution in [3.8, 4) is 5.75 Å². The molecule has 0 aliphatic heterocycles. The average Bonchev–Trinajstić information content (AvgIpc) is 2.67. The van der Waals surface area contributed by atoms with Gasteiger partial charge in [-0.3, -0.25) is 0 Å².